The van der Waals surface area contributed by atoms with Crippen molar-refractivity contribution in [1.29, 1.82) is 0 Å². The summed E-state index contributed by atoms with van der Waals surface area (Å²) in [6.07, 6.45) is 3.08. The molecule has 2 aliphatic heterocycles. The molecule has 2 heterocycles. The van der Waals surface area contributed by atoms with E-state index >= 15 is 0 Å². The van der Waals surface area contributed by atoms with Gasteiger partial charge < -0.3 is 15.0 Å². The second-order valence-corrected chi connectivity index (χ2v) is 9.38. The molecule has 27 heavy (non-hydrogen) atoms. The van der Waals surface area contributed by atoms with Crippen molar-refractivity contribution < 1.29 is 17.9 Å². The monoisotopic (exact) mass is 395 g/mol. The number of carbonyl (C=O) groups excluding carboxylic acids is 1. The number of nitrogens with one attached hydrogen (secondary N) is 1. The Morgan fingerprint density at radius 1 is 1.04 bits per heavy atom. The quantitative estimate of drug-likeness (QED) is 0.813. The average Bonchev–Trinajstić information content (AvgIpc) is 2.70. The lowest BCUT2D eigenvalue weighted by Crippen LogP contribution is -2.48. The molecule has 1 aromatic rings. The Balaban J connectivity index is 1.53. The minimum Gasteiger partial charge on any atom is -0.497 e. The van der Waals surface area contributed by atoms with Gasteiger partial charge in [-0.3, -0.25) is 4.79 Å². The van der Waals surface area contributed by atoms with Crippen LogP contribution in [0.1, 0.15) is 25.7 Å². The number of amides is 1. The summed E-state index contributed by atoms with van der Waals surface area (Å²) in [5.41, 5.74) is 0. The summed E-state index contributed by atoms with van der Waals surface area (Å²) in [7, 11) is 0.112. The number of likely N-dealkylation sites (tertiary alicyclic amines) is 1. The summed E-state index contributed by atoms with van der Waals surface area (Å²) in [5.74, 6) is 0.594. The molecule has 150 valence electrons. The predicted molar refractivity (Wildman–Crippen MR) is 103 cm³/mol. The van der Waals surface area contributed by atoms with Crippen molar-refractivity contribution in [2.45, 2.75) is 36.6 Å². The van der Waals surface area contributed by atoms with Crippen LogP contribution >= 0.6 is 0 Å². The van der Waals surface area contributed by atoms with Crippen molar-refractivity contribution in [3.05, 3.63) is 24.3 Å². The Morgan fingerprint density at radius 3 is 2.19 bits per heavy atom. The zero-order valence-corrected chi connectivity index (χ0v) is 16.9. The summed E-state index contributed by atoms with van der Waals surface area (Å²) < 4.78 is 32.1. The predicted octanol–water partition coefficient (Wildman–Crippen LogP) is 1.31. The highest BCUT2D eigenvalue weighted by Gasteiger charge is 2.33. The van der Waals surface area contributed by atoms with Gasteiger partial charge >= 0.3 is 0 Å². The van der Waals surface area contributed by atoms with Crippen molar-refractivity contribution in [3.63, 3.8) is 0 Å². The van der Waals surface area contributed by atoms with Crippen LogP contribution in [0, 0.1) is 5.92 Å². The molecule has 0 saturated carbocycles. The normalized spacial score (nSPS) is 21.1. The van der Waals surface area contributed by atoms with E-state index in [1.165, 1.54) is 4.31 Å². The van der Waals surface area contributed by atoms with E-state index in [0.717, 1.165) is 25.9 Å². The van der Waals surface area contributed by atoms with Crippen molar-refractivity contribution >= 4 is 15.9 Å². The molecule has 1 aromatic carbocycles. The van der Waals surface area contributed by atoms with Crippen LogP contribution in [0.3, 0.4) is 0 Å². The molecule has 7 nitrogen and oxygen atoms in total. The van der Waals surface area contributed by atoms with E-state index in [1.54, 1.807) is 31.4 Å². The summed E-state index contributed by atoms with van der Waals surface area (Å²) >= 11 is 0. The topological polar surface area (TPSA) is 79.0 Å². The highest BCUT2D eigenvalue weighted by molar-refractivity contribution is 7.89. The third-order valence-electron chi connectivity index (χ3n) is 5.59. The zero-order valence-electron chi connectivity index (χ0n) is 16.1. The number of piperidine rings is 2. The SMILES string of the molecule is COc1ccc(S(=O)(=O)N2CCC(C(=O)NC3CCN(C)CC3)CC2)cc1. The molecule has 3 rings (SSSR count). The standard InChI is InChI=1S/C19H29N3O4S/c1-21-11-9-16(10-12-21)20-19(23)15-7-13-22(14-8-15)27(24,25)18-5-3-17(26-2)4-6-18/h3-6,15-16H,7-14H2,1-2H3,(H,20,23). The molecule has 0 unspecified atom stereocenters. The molecule has 2 aliphatic rings. The van der Waals surface area contributed by atoms with E-state index in [9.17, 15) is 13.2 Å². The van der Waals surface area contributed by atoms with E-state index < -0.39 is 10.0 Å². The van der Waals surface area contributed by atoms with Gasteiger partial charge in [0.1, 0.15) is 5.75 Å². The fourth-order valence-corrected chi connectivity index (χ4v) is 5.20. The molecule has 0 bridgehead atoms. The maximum atomic E-state index is 12.8. The third-order valence-corrected chi connectivity index (χ3v) is 7.50. The Bertz CT molecular complexity index is 735. The highest BCUT2D eigenvalue weighted by Crippen LogP contribution is 2.25. The fraction of sp³-hybridized carbons (Fsp3) is 0.632. The van der Waals surface area contributed by atoms with Crippen molar-refractivity contribution in [2.24, 2.45) is 5.92 Å². The molecule has 2 fully saturated rings. The van der Waals surface area contributed by atoms with Crippen molar-refractivity contribution in [3.8, 4) is 5.75 Å². The van der Waals surface area contributed by atoms with Crippen LogP contribution in [-0.4, -0.2) is 69.9 Å². The maximum absolute atomic E-state index is 12.8. The third kappa shape index (κ3) is 4.80. The number of rotatable bonds is 5. The van der Waals surface area contributed by atoms with Gasteiger partial charge in [-0.1, -0.05) is 0 Å². The Morgan fingerprint density at radius 2 is 1.63 bits per heavy atom. The lowest BCUT2D eigenvalue weighted by Gasteiger charge is -2.33. The molecule has 0 aromatic heterocycles. The molecule has 0 atom stereocenters. The number of methoxy groups -OCH3 is 1. The Hall–Kier alpha value is -1.64. The number of sulfonamides is 1. The smallest absolute Gasteiger partial charge is 0.243 e. The van der Waals surface area contributed by atoms with Gasteiger partial charge in [-0.25, -0.2) is 8.42 Å². The van der Waals surface area contributed by atoms with E-state index in [-0.39, 0.29) is 22.8 Å². The highest BCUT2D eigenvalue weighted by atomic mass is 32.2. The van der Waals surface area contributed by atoms with Crippen LogP contribution in [0.2, 0.25) is 0 Å². The van der Waals surface area contributed by atoms with Gasteiger partial charge in [0.25, 0.3) is 0 Å². The number of ether oxygens (including phenoxy) is 1. The maximum Gasteiger partial charge on any atom is 0.243 e. The molecule has 0 spiro atoms. The number of hydrogen-bond donors (Lipinski definition) is 1. The first kappa shape index (κ1) is 20.1. The van der Waals surface area contributed by atoms with Crippen LogP contribution in [0.25, 0.3) is 0 Å². The first-order chi connectivity index (χ1) is 12.9. The number of carbonyl (C=O) groups is 1. The molecule has 0 aliphatic carbocycles. The summed E-state index contributed by atoms with van der Waals surface area (Å²) in [6, 6.07) is 6.67. The lowest BCUT2D eigenvalue weighted by molar-refractivity contribution is -0.127. The average molecular weight is 396 g/mol. The number of hydrogen-bond acceptors (Lipinski definition) is 5. The summed E-state index contributed by atoms with van der Waals surface area (Å²) in [4.78, 5) is 15.1. The van der Waals surface area contributed by atoms with E-state index in [4.69, 9.17) is 4.74 Å². The molecular weight excluding hydrogens is 366 g/mol. The van der Waals surface area contributed by atoms with Crippen LogP contribution in [0.5, 0.6) is 5.75 Å². The first-order valence-electron chi connectivity index (χ1n) is 9.53. The molecular formula is C19H29N3O4S. The fourth-order valence-electron chi connectivity index (χ4n) is 3.73. The van der Waals surface area contributed by atoms with Crippen molar-refractivity contribution in [2.75, 3.05) is 40.3 Å². The zero-order chi connectivity index (χ0) is 19.4. The van der Waals surface area contributed by atoms with Gasteiger partial charge in [0, 0.05) is 25.0 Å². The van der Waals surface area contributed by atoms with Crippen LogP contribution in [0.15, 0.2) is 29.2 Å². The Kier molecular flexibility index (Phi) is 6.39. The van der Waals surface area contributed by atoms with Gasteiger partial charge in [0.2, 0.25) is 15.9 Å². The number of benzene rings is 1. The largest absolute Gasteiger partial charge is 0.497 e. The van der Waals surface area contributed by atoms with Gasteiger partial charge in [0.15, 0.2) is 0 Å². The second kappa shape index (κ2) is 8.58. The van der Waals surface area contributed by atoms with Gasteiger partial charge in [-0.05, 0) is 70.1 Å². The van der Waals surface area contributed by atoms with Crippen molar-refractivity contribution in [1.82, 2.24) is 14.5 Å². The Labute approximate surface area is 161 Å². The van der Waals surface area contributed by atoms with Gasteiger partial charge in [-0.2, -0.15) is 4.31 Å². The molecule has 2 saturated heterocycles. The minimum absolute atomic E-state index is 0.0750. The second-order valence-electron chi connectivity index (χ2n) is 7.44. The summed E-state index contributed by atoms with van der Waals surface area (Å²) in [5, 5.41) is 3.16. The minimum atomic E-state index is -3.53. The molecule has 1 amide bonds. The van der Waals surface area contributed by atoms with Crippen LogP contribution < -0.4 is 10.1 Å². The molecule has 8 heteroatoms. The van der Waals surface area contributed by atoms with Crippen LogP contribution in [-0.2, 0) is 14.8 Å². The first-order valence-corrected chi connectivity index (χ1v) is 11.0. The number of nitrogens with zero attached hydrogens (tertiary/aromatic N) is 2. The van der Waals surface area contributed by atoms with E-state index in [2.05, 4.69) is 17.3 Å². The summed E-state index contributed by atoms with van der Waals surface area (Å²) in [6.45, 7) is 2.76. The lowest BCUT2D eigenvalue weighted by atomic mass is 9.96. The van der Waals surface area contributed by atoms with Gasteiger partial charge in [0.05, 0.1) is 12.0 Å². The molecule has 1 N–H and O–H groups in total. The molecule has 0 radical (unpaired) electrons. The van der Waals surface area contributed by atoms with Gasteiger partial charge in [-0.15, -0.1) is 0 Å². The van der Waals surface area contributed by atoms with E-state index in [0.29, 0.717) is 31.7 Å². The van der Waals surface area contributed by atoms with E-state index in [1.807, 2.05) is 0 Å². The van der Waals surface area contributed by atoms with Crippen LogP contribution in [0.4, 0.5) is 0 Å².